The second kappa shape index (κ2) is 7.24. The van der Waals surface area contributed by atoms with E-state index in [9.17, 15) is 0 Å². The molecule has 0 amide bonds. The predicted molar refractivity (Wildman–Crippen MR) is 87.0 cm³/mol. The Labute approximate surface area is 127 Å². The average molecular weight is 278 g/mol. The van der Waals surface area contributed by atoms with Gasteiger partial charge in [-0.15, -0.1) is 0 Å². The third-order valence-corrected chi connectivity index (χ3v) is 4.02. The average Bonchev–Trinajstić information content (AvgIpc) is 2.58. The normalized spacial score (nSPS) is 16.3. The van der Waals surface area contributed by atoms with Crippen LogP contribution in [0.15, 0.2) is 72.3 Å². The number of hydrogen-bond donors (Lipinski definition) is 0. The highest BCUT2D eigenvalue weighted by Gasteiger charge is 2.18. The first-order valence-electron chi connectivity index (χ1n) is 7.83. The van der Waals surface area contributed by atoms with Crippen molar-refractivity contribution in [3.63, 3.8) is 0 Å². The fourth-order valence-electron chi connectivity index (χ4n) is 2.90. The van der Waals surface area contributed by atoms with Crippen LogP contribution in [0.3, 0.4) is 0 Å². The molecule has 0 radical (unpaired) electrons. The lowest BCUT2D eigenvalue weighted by Gasteiger charge is -2.24. The van der Waals surface area contributed by atoms with Crippen molar-refractivity contribution in [3.05, 3.63) is 83.4 Å². The molecule has 21 heavy (non-hydrogen) atoms. The summed E-state index contributed by atoms with van der Waals surface area (Å²) < 4.78 is 6.29. The summed E-state index contributed by atoms with van der Waals surface area (Å²) in [6.45, 7) is 0.664. The summed E-state index contributed by atoms with van der Waals surface area (Å²) in [6.07, 6.45) is 7.42. The van der Waals surface area contributed by atoms with E-state index >= 15 is 0 Å². The molecule has 108 valence electrons. The lowest BCUT2D eigenvalue weighted by molar-refractivity contribution is 0.0607. The van der Waals surface area contributed by atoms with Gasteiger partial charge >= 0.3 is 0 Å². The summed E-state index contributed by atoms with van der Waals surface area (Å²) in [6, 6.07) is 21.0. The predicted octanol–water partition coefficient (Wildman–Crippen LogP) is 5.44. The molecule has 1 aliphatic carbocycles. The van der Waals surface area contributed by atoms with Gasteiger partial charge in [-0.1, -0.05) is 66.7 Å². The summed E-state index contributed by atoms with van der Waals surface area (Å²) >= 11 is 0. The minimum Gasteiger partial charge on any atom is -0.364 e. The molecule has 2 aromatic carbocycles. The van der Waals surface area contributed by atoms with Crippen molar-refractivity contribution in [2.75, 3.05) is 0 Å². The van der Waals surface area contributed by atoms with E-state index < -0.39 is 0 Å². The second-order valence-electron chi connectivity index (χ2n) is 5.61. The molecular formula is C20H22O. The minimum atomic E-state index is 0.103. The molecule has 0 spiro atoms. The highest BCUT2D eigenvalue weighted by Crippen LogP contribution is 2.33. The van der Waals surface area contributed by atoms with Gasteiger partial charge in [0.05, 0.1) is 6.61 Å². The summed E-state index contributed by atoms with van der Waals surface area (Å²) in [5.41, 5.74) is 3.94. The Morgan fingerprint density at radius 3 is 2.24 bits per heavy atom. The van der Waals surface area contributed by atoms with Crippen LogP contribution in [0.5, 0.6) is 0 Å². The highest BCUT2D eigenvalue weighted by atomic mass is 16.5. The van der Waals surface area contributed by atoms with Crippen LogP contribution in [-0.4, -0.2) is 0 Å². The first-order chi connectivity index (χ1) is 10.4. The molecule has 1 nitrogen and oxygen atoms in total. The van der Waals surface area contributed by atoms with Gasteiger partial charge < -0.3 is 4.74 Å². The molecule has 1 aliphatic rings. The molecule has 0 saturated heterocycles. The highest BCUT2D eigenvalue weighted by molar-refractivity contribution is 5.27. The Morgan fingerprint density at radius 2 is 1.57 bits per heavy atom. The second-order valence-corrected chi connectivity index (χ2v) is 5.61. The number of rotatable bonds is 5. The molecule has 0 aromatic heterocycles. The molecule has 0 unspecified atom stereocenters. The van der Waals surface area contributed by atoms with Gasteiger partial charge in [-0.25, -0.2) is 0 Å². The van der Waals surface area contributed by atoms with Crippen molar-refractivity contribution in [2.45, 2.75) is 38.4 Å². The largest absolute Gasteiger partial charge is 0.364 e. The molecular weight excluding hydrogens is 256 g/mol. The van der Waals surface area contributed by atoms with E-state index in [4.69, 9.17) is 4.74 Å². The van der Waals surface area contributed by atoms with Crippen molar-refractivity contribution in [3.8, 4) is 0 Å². The van der Waals surface area contributed by atoms with Crippen molar-refractivity contribution < 1.29 is 4.74 Å². The molecule has 0 aliphatic heterocycles. The van der Waals surface area contributed by atoms with Crippen molar-refractivity contribution in [2.24, 2.45) is 0 Å². The zero-order valence-corrected chi connectivity index (χ0v) is 12.4. The van der Waals surface area contributed by atoms with Crippen molar-refractivity contribution >= 4 is 0 Å². The maximum atomic E-state index is 6.29. The molecule has 3 rings (SSSR count). The zero-order chi connectivity index (χ0) is 14.3. The molecule has 0 N–H and O–H groups in total. The number of hydrogen-bond acceptors (Lipinski definition) is 1. The van der Waals surface area contributed by atoms with Gasteiger partial charge in [-0.05, 0) is 42.4 Å². The third kappa shape index (κ3) is 3.83. The topological polar surface area (TPSA) is 9.23 Å². The van der Waals surface area contributed by atoms with Crippen LogP contribution < -0.4 is 0 Å². The standard InChI is InChI=1S/C20H22O/c1-4-10-17(11-5-1)16-21-20(18-12-6-2-7-13-18)19-14-8-3-9-15-19/h1-2,4-7,10-14,20H,3,8-9,15-16H2/t20-/m0/s1. The summed E-state index contributed by atoms with van der Waals surface area (Å²) in [7, 11) is 0. The molecule has 0 fully saturated rings. The molecule has 2 aromatic rings. The maximum absolute atomic E-state index is 6.29. The Morgan fingerprint density at radius 1 is 0.857 bits per heavy atom. The van der Waals surface area contributed by atoms with Crippen LogP contribution in [-0.2, 0) is 11.3 Å². The van der Waals surface area contributed by atoms with Crippen LogP contribution in [0, 0.1) is 0 Å². The fraction of sp³-hybridized carbons (Fsp3) is 0.300. The van der Waals surface area contributed by atoms with Gasteiger partial charge in [0.15, 0.2) is 0 Å². The lowest BCUT2D eigenvalue weighted by atomic mass is 9.91. The van der Waals surface area contributed by atoms with Crippen LogP contribution in [0.1, 0.15) is 42.9 Å². The quantitative estimate of drug-likeness (QED) is 0.661. The van der Waals surface area contributed by atoms with E-state index in [0.29, 0.717) is 6.61 Å². The monoisotopic (exact) mass is 278 g/mol. The molecule has 1 heteroatoms. The van der Waals surface area contributed by atoms with Gasteiger partial charge in [0.1, 0.15) is 6.10 Å². The van der Waals surface area contributed by atoms with E-state index in [1.807, 2.05) is 6.07 Å². The molecule has 0 heterocycles. The van der Waals surface area contributed by atoms with E-state index in [0.717, 1.165) is 6.42 Å². The molecule has 0 bridgehead atoms. The van der Waals surface area contributed by atoms with Gasteiger partial charge in [0, 0.05) is 0 Å². The lowest BCUT2D eigenvalue weighted by Crippen LogP contribution is -2.10. The van der Waals surface area contributed by atoms with Crippen molar-refractivity contribution in [1.82, 2.24) is 0 Å². The molecule has 1 atom stereocenters. The van der Waals surface area contributed by atoms with Crippen LogP contribution in [0.2, 0.25) is 0 Å². The van der Waals surface area contributed by atoms with Crippen LogP contribution in [0.25, 0.3) is 0 Å². The smallest absolute Gasteiger partial charge is 0.104 e. The van der Waals surface area contributed by atoms with Gasteiger partial charge in [-0.3, -0.25) is 0 Å². The fourth-order valence-corrected chi connectivity index (χ4v) is 2.90. The third-order valence-electron chi connectivity index (χ3n) is 4.02. The van der Waals surface area contributed by atoms with Crippen LogP contribution >= 0.6 is 0 Å². The Bertz CT molecular complexity index is 571. The SMILES string of the molecule is C1=C([C@@H](OCc2ccccc2)c2ccccc2)CCCC1. The Kier molecular flexibility index (Phi) is 4.86. The number of allylic oxidation sites excluding steroid dienone is 1. The zero-order valence-electron chi connectivity index (χ0n) is 12.4. The number of benzene rings is 2. The first-order valence-corrected chi connectivity index (χ1v) is 7.83. The first kappa shape index (κ1) is 14.1. The Balaban J connectivity index is 1.77. The van der Waals surface area contributed by atoms with E-state index in [1.54, 1.807) is 0 Å². The van der Waals surface area contributed by atoms with Gasteiger partial charge in [0.2, 0.25) is 0 Å². The van der Waals surface area contributed by atoms with E-state index in [-0.39, 0.29) is 6.10 Å². The molecule has 0 saturated carbocycles. The van der Waals surface area contributed by atoms with Gasteiger partial charge in [0.25, 0.3) is 0 Å². The van der Waals surface area contributed by atoms with Gasteiger partial charge in [-0.2, -0.15) is 0 Å². The van der Waals surface area contributed by atoms with E-state index in [1.165, 1.54) is 36.0 Å². The van der Waals surface area contributed by atoms with E-state index in [2.05, 4.69) is 60.7 Å². The number of ether oxygens (including phenoxy) is 1. The minimum absolute atomic E-state index is 0.103. The summed E-state index contributed by atoms with van der Waals surface area (Å²) in [5, 5.41) is 0. The summed E-state index contributed by atoms with van der Waals surface area (Å²) in [4.78, 5) is 0. The van der Waals surface area contributed by atoms with Crippen molar-refractivity contribution in [1.29, 1.82) is 0 Å². The van der Waals surface area contributed by atoms with Crippen LogP contribution in [0.4, 0.5) is 0 Å². The maximum Gasteiger partial charge on any atom is 0.104 e. The summed E-state index contributed by atoms with van der Waals surface area (Å²) in [5.74, 6) is 0. The Hall–Kier alpha value is -1.86.